The van der Waals surface area contributed by atoms with E-state index in [0.29, 0.717) is 11.5 Å². The summed E-state index contributed by atoms with van der Waals surface area (Å²) in [5.74, 6) is 2.06. The second-order valence-electron chi connectivity index (χ2n) is 6.90. The Hall–Kier alpha value is -3.87. The van der Waals surface area contributed by atoms with Crippen molar-refractivity contribution in [1.82, 2.24) is 19.7 Å². The van der Waals surface area contributed by atoms with Crippen molar-refractivity contribution in [1.29, 1.82) is 0 Å². The van der Waals surface area contributed by atoms with Crippen LogP contribution in [0.15, 0.2) is 66.1 Å². The third kappa shape index (κ3) is 3.82. The number of fused-ring (bicyclic) bond motifs is 1. The molecule has 2 aromatic carbocycles. The standard InChI is InChI=1S/C23H23N5O2/c1-15(16-5-6-17-14-25-27-19(17)12-16)11-20(23-24-9-10-28(23)2)26-18-7-8-21(29-3)22(13-18)30-4/h5-14H,1-4H3,(H,25,27)/b15-11+,26-20?. The summed E-state index contributed by atoms with van der Waals surface area (Å²) in [6, 6.07) is 11.8. The number of nitrogens with one attached hydrogen (secondary N) is 1. The van der Waals surface area contributed by atoms with Gasteiger partial charge in [-0.3, -0.25) is 5.10 Å². The molecule has 7 nitrogen and oxygen atoms in total. The number of H-pyrrole nitrogens is 1. The fourth-order valence-corrected chi connectivity index (χ4v) is 3.26. The first-order valence-electron chi connectivity index (χ1n) is 9.49. The molecule has 0 saturated carbocycles. The van der Waals surface area contributed by atoms with E-state index in [4.69, 9.17) is 14.5 Å². The number of benzene rings is 2. The first kappa shape index (κ1) is 19.4. The number of aliphatic imine (C=N–C) groups is 1. The molecule has 0 radical (unpaired) electrons. The average molecular weight is 401 g/mol. The van der Waals surface area contributed by atoms with Crippen LogP contribution >= 0.6 is 0 Å². The molecule has 30 heavy (non-hydrogen) atoms. The van der Waals surface area contributed by atoms with E-state index >= 15 is 0 Å². The highest BCUT2D eigenvalue weighted by Gasteiger charge is 2.11. The normalized spacial score (nSPS) is 12.4. The Morgan fingerprint density at radius 2 is 1.93 bits per heavy atom. The molecular weight excluding hydrogens is 378 g/mol. The molecule has 0 bridgehead atoms. The number of imidazole rings is 1. The van der Waals surface area contributed by atoms with Gasteiger partial charge in [-0.15, -0.1) is 0 Å². The molecule has 4 rings (SSSR count). The molecule has 0 atom stereocenters. The fraction of sp³-hybridized carbons (Fsp3) is 0.174. The van der Waals surface area contributed by atoms with E-state index in [0.717, 1.165) is 39.3 Å². The predicted octanol–water partition coefficient (Wildman–Crippen LogP) is 4.54. The lowest BCUT2D eigenvalue weighted by atomic mass is 10.0. The summed E-state index contributed by atoms with van der Waals surface area (Å²) in [5, 5.41) is 8.19. The van der Waals surface area contributed by atoms with Gasteiger partial charge in [0.2, 0.25) is 0 Å². The van der Waals surface area contributed by atoms with Crippen molar-refractivity contribution in [2.75, 3.05) is 14.2 Å². The molecule has 0 saturated heterocycles. The molecule has 0 fully saturated rings. The SMILES string of the molecule is COc1ccc(N=C(/C=C(\C)c2ccc3cn[nH]c3c2)c2nccn2C)cc1OC. The van der Waals surface area contributed by atoms with Crippen LogP contribution in [0.3, 0.4) is 0 Å². The largest absolute Gasteiger partial charge is 0.493 e. The van der Waals surface area contributed by atoms with E-state index < -0.39 is 0 Å². The third-order valence-electron chi connectivity index (χ3n) is 4.92. The van der Waals surface area contributed by atoms with Crippen molar-refractivity contribution < 1.29 is 9.47 Å². The number of methoxy groups -OCH3 is 2. The fourth-order valence-electron chi connectivity index (χ4n) is 3.26. The van der Waals surface area contributed by atoms with Crippen LogP contribution in [0.1, 0.15) is 18.3 Å². The van der Waals surface area contributed by atoms with Gasteiger partial charge in [0.25, 0.3) is 0 Å². The number of aromatic amines is 1. The van der Waals surface area contributed by atoms with E-state index in [1.165, 1.54) is 0 Å². The number of rotatable bonds is 6. The quantitative estimate of drug-likeness (QED) is 0.481. The lowest BCUT2D eigenvalue weighted by molar-refractivity contribution is 0.355. The second-order valence-corrected chi connectivity index (χ2v) is 6.90. The maximum Gasteiger partial charge on any atom is 0.162 e. The highest BCUT2D eigenvalue weighted by Crippen LogP contribution is 2.31. The van der Waals surface area contributed by atoms with Gasteiger partial charge in [0.1, 0.15) is 5.71 Å². The number of hydrogen-bond acceptors (Lipinski definition) is 5. The Labute approximate surface area is 174 Å². The Bertz CT molecular complexity index is 1250. The lowest BCUT2D eigenvalue weighted by Gasteiger charge is -2.09. The van der Waals surface area contributed by atoms with Crippen molar-refractivity contribution in [3.63, 3.8) is 0 Å². The molecule has 2 aromatic heterocycles. The molecule has 2 heterocycles. The van der Waals surface area contributed by atoms with Crippen LogP contribution in [-0.4, -0.2) is 39.7 Å². The van der Waals surface area contributed by atoms with Gasteiger partial charge in [-0.05, 0) is 42.3 Å². The van der Waals surface area contributed by atoms with Crippen LogP contribution in [0.4, 0.5) is 5.69 Å². The number of aryl methyl sites for hydroxylation is 1. The van der Waals surface area contributed by atoms with Gasteiger partial charge in [-0.25, -0.2) is 9.98 Å². The summed E-state index contributed by atoms with van der Waals surface area (Å²) in [5.41, 5.74) is 4.64. The molecule has 0 unspecified atom stereocenters. The third-order valence-corrected chi connectivity index (χ3v) is 4.92. The maximum atomic E-state index is 5.42. The zero-order chi connectivity index (χ0) is 21.1. The number of ether oxygens (including phenoxy) is 2. The van der Waals surface area contributed by atoms with E-state index in [2.05, 4.69) is 40.3 Å². The minimum absolute atomic E-state index is 0.628. The van der Waals surface area contributed by atoms with Crippen molar-refractivity contribution in [3.05, 3.63) is 72.5 Å². The van der Waals surface area contributed by atoms with Crippen molar-refractivity contribution >= 4 is 27.9 Å². The van der Waals surface area contributed by atoms with Crippen LogP contribution in [0.25, 0.3) is 16.5 Å². The summed E-state index contributed by atoms with van der Waals surface area (Å²) >= 11 is 0. The number of allylic oxidation sites excluding steroid dienone is 2. The Morgan fingerprint density at radius 3 is 2.67 bits per heavy atom. The molecule has 152 valence electrons. The van der Waals surface area contributed by atoms with Gasteiger partial charge in [-0.1, -0.05) is 12.1 Å². The van der Waals surface area contributed by atoms with Crippen LogP contribution in [0, 0.1) is 0 Å². The van der Waals surface area contributed by atoms with E-state index in [9.17, 15) is 0 Å². The number of nitrogens with zero attached hydrogens (tertiary/aromatic N) is 4. The second kappa shape index (κ2) is 8.24. The molecule has 1 N–H and O–H groups in total. The molecule has 0 amide bonds. The van der Waals surface area contributed by atoms with Crippen LogP contribution < -0.4 is 9.47 Å². The maximum absolute atomic E-state index is 5.42. The molecule has 0 spiro atoms. The smallest absolute Gasteiger partial charge is 0.162 e. The van der Waals surface area contributed by atoms with E-state index in [-0.39, 0.29) is 0 Å². The van der Waals surface area contributed by atoms with E-state index in [1.807, 2.05) is 48.3 Å². The summed E-state index contributed by atoms with van der Waals surface area (Å²) in [6.07, 6.45) is 7.52. The highest BCUT2D eigenvalue weighted by molar-refractivity contribution is 6.11. The Balaban J connectivity index is 1.79. The van der Waals surface area contributed by atoms with Crippen molar-refractivity contribution in [2.24, 2.45) is 12.0 Å². The zero-order valence-corrected chi connectivity index (χ0v) is 17.4. The summed E-state index contributed by atoms with van der Waals surface area (Å²) in [7, 11) is 5.18. The van der Waals surface area contributed by atoms with Crippen LogP contribution in [0.5, 0.6) is 11.5 Å². The van der Waals surface area contributed by atoms with Gasteiger partial charge in [-0.2, -0.15) is 5.10 Å². The summed E-state index contributed by atoms with van der Waals surface area (Å²) in [4.78, 5) is 9.36. The monoisotopic (exact) mass is 401 g/mol. The highest BCUT2D eigenvalue weighted by atomic mass is 16.5. The molecular formula is C23H23N5O2. The molecule has 0 aliphatic heterocycles. The first-order chi connectivity index (χ1) is 14.6. The topological polar surface area (TPSA) is 77.3 Å². The average Bonchev–Trinajstić information content (AvgIpc) is 3.41. The van der Waals surface area contributed by atoms with Gasteiger partial charge < -0.3 is 14.0 Å². The molecule has 7 heteroatoms. The lowest BCUT2D eigenvalue weighted by Crippen LogP contribution is -2.06. The van der Waals surface area contributed by atoms with Crippen molar-refractivity contribution in [3.8, 4) is 11.5 Å². The van der Waals surface area contributed by atoms with Gasteiger partial charge in [0, 0.05) is 30.9 Å². The van der Waals surface area contributed by atoms with Gasteiger partial charge in [0.15, 0.2) is 17.3 Å². The Morgan fingerprint density at radius 1 is 1.10 bits per heavy atom. The molecule has 0 aliphatic rings. The minimum Gasteiger partial charge on any atom is -0.493 e. The molecule has 4 aromatic rings. The predicted molar refractivity (Wildman–Crippen MR) is 119 cm³/mol. The van der Waals surface area contributed by atoms with Crippen LogP contribution in [0.2, 0.25) is 0 Å². The molecule has 0 aliphatic carbocycles. The van der Waals surface area contributed by atoms with Gasteiger partial charge in [0.05, 0.1) is 31.6 Å². The minimum atomic E-state index is 0.628. The van der Waals surface area contributed by atoms with E-state index in [1.54, 1.807) is 20.4 Å². The van der Waals surface area contributed by atoms with Crippen molar-refractivity contribution in [2.45, 2.75) is 6.92 Å². The zero-order valence-electron chi connectivity index (χ0n) is 17.4. The van der Waals surface area contributed by atoms with Gasteiger partial charge >= 0.3 is 0 Å². The summed E-state index contributed by atoms with van der Waals surface area (Å²) < 4.78 is 12.7. The number of aromatic nitrogens is 4. The van der Waals surface area contributed by atoms with Crippen LogP contribution in [-0.2, 0) is 7.05 Å². The first-order valence-corrected chi connectivity index (χ1v) is 9.49. The summed E-state index contributed by atoms with van der Waals surface area (Å²) in [6.45, 7) is 2.06. The number of hydrogen-bond donors (Lipinski definition) is 1. The Kier molecular flexibility index (Phi) is 5.34.